The fourth-order valence-corrected chi connectivity index (χ4v) is 2.68. The molecule has 1 amide bonds. The maximum atomic E-state index is 13.1. The first-order chi connectivity index (χ1) is 11.3. The molecule has 3 heterocycles. The summed E-state index contributed by atoms with van der Waals surface area (Å²) in [5, 5.41) is 3.89. The number of piperidine rings is 1. The fourth-order valence-electron chi connectivity index (χ4n) is 2.68. The average Bonchev–Trinajstić information content (AvgIpc) is 3.14. The van der Waals surface area contributed by atoms with Crippen LogP contribution >= 0.6 is 0 Å². The van der Waals surface area contributed by atoms with E-state index in [4.69, 9.17) is 9.26 Å². The molecule has 1 N–H and O–H groups in total. The molecule has 2 aromatic heterocycles. The maximum absolute atomic E-state index is 13.1. The predicted molar refractivity (Wildman–Crippen MR) is 83.8 cm³/mol. The zero-order valence-corrected chi connectivity index (χ0v) is 14.0. The Morgan fingerprint density at radius 1 is 1.50 bits per heavy atom. The van der Waals surface area contributed by atoms with Gasteiger partial charge in [-0.25, -0.2) is 9.18 Å². The first kappa shape index (κ1) is 16.5. The van der Waals surface area contributed by atoms with Crippen LogP contribution in [-0.2, 0) is 4.74 Å². The lowest BCUT2D eigenvalue weighted by Gasteiger charge is -2.32. The van der Waals surface area contributed by atoms with E-state index in [-0.39, 0.29) is 17.8 Å². The summed E-state index contributed by atoms with van der Waals surface area (Å²) >= 11 is 0. The summed E-state index contributed by atoms with van der Waals surface area (Å²) in [6, 6.07) is 1.31. The number of carbonyl (C=O) groups is 1. The van der Waals surface area contributed by atoms with E-state index in [1.165, 1.54) is 12.3 Å². The molecule has 0 radical (unpaired) electrons. The molecule has 1 aliphatic heterocycles. The molecule has 7 nitrogen and oxygen atoms in total. The number of amides is 1. The molecule has 24 heavy (non-hydrogen) atoms. The molecule has 1 aliphatic rings. The number of nitrogens with one attached hydrogen (secondary N) is 1. The SMILES string of the molecule is CC(C)(C)OC(=O)N1CCCC(c2nc(-c3cc(F)c[nH]3)no2)C1. The van der Waals surface area contributed by atoms with Crippen LogP contribution < -0.4 is 0 Å². The van der Waals surface area contributed by atoms with E-state index < -0.39 is 5.60 Å². The lowest BCUT2D eigenvalue weighted by Crippen LogP contribution is -2.42. The molecule has 0 bridgehead atoms. The van der Waals surface area contributed by atoms with Gasteiger partial charge in [-0.05, 0) is 33.6 Å². The van der Waals surface area contributed by atoms with E-state index in [1.54, 1.807) is 4.90 Å². The molecule has 0 aliphatic carbocycles. The van der Waals surface area contributed by atoms with Crippen molar-refractivity contribution in [3.05, 3.63) is 24.0 Å². The third-order valence-electron chi connectivity index (χ3n) is 3.75. The Balaban J connectivity index is 1.69. The lowest BCUT2D eigenvalue weighted by molar-refractivity contribution is 0.0189. The van der Waals surface area contributed by atoms with Crippen molar-refractivity contribution < 1.29 is 18.4 Å². The smallest absolute Gasteiger partial charge is 0.410 e. The number of aromatic amines is 1. The highest BCUT2D eigenvalue weighted by atomic mass is 19.1. The molecule has 0 aromatic carbocycles. The lowest BCUT2D eigenvalue weighted by atomic mass is 9.98. The Labute approximate surface area is 139 Å². The highest BCUT2D eigenvalue weighted by Crippen LogP contribution is 2.28. The number of hydrogen-bond donors (Lipinski definition) is 1. The van der Waals surface area contributed by atoms with Crippen LogP contribution in [0, 0.1) is 5.82 Å². The van der Waals surface area contributed by atoms with Crippen molar-refractivity contribution in [3.63, 3.8) is 0 Å². The molecule has 1 unspecified atom stereocenters. The van der Waals surface area contributed by atoms with Crippen LogP contribution in [0.15, 0.2) is 16.8 Å². The Morgan fingerprint density at radius 2 is 2.29 bits per heavy atom. The van der Waals surface area contributed by atoms with E-state index in [1.807, 2.05) is 20.8 Å². The van der Waals surface area contributed by atoms with Crippen molar-refractivity contribution in [2.75, 3.05) is 13.1 Å². The summed E-state index contributed by atoms with van der Waals surface area (Å²) in [4.78, 5) is 21.0. The Kier molecular flexibility index (Phi) is 4.29. The average molecular weight is 336 g/mol. The third kappa shape index (κ3) is 3.74. The molecule has 130 valence electrons. The number of hydrogen-bond acceptors (Lipinski definition) is 5. The Bertz CT molecular complexity index is 719. The quantitative estimate of drug-likeness (QED) is 0.909. The maximum Gasteiger partial charge on any atom is 0.410 e. The third-order valence-corrected chi connectivity index (χ3v) is 3.75. The number of nitrogens with zero attached hydrogens (tertiary/aromatic N) is 3. The van der Waals surface area contributed by atoms with Crippen LogP contribution in [0.25, 0.3) is 11.5 Å². The van der Waals surface area contributed by atoms with Gasteiger partial charge in [-0.15, -0.1) is 0 Å². The van der Waals surface area contributed by atoms with E-state index in [2.05, 4.69) is 15.1 Å². The van der Waals surface area contributed by atoms with Crippen LogP contribution in [0.4, 0.5) is 9.18 Å². The number of rotatable bonds is 2. The molecule has 0 spiro atoms. The molecule has 8 heteroatoms. The highest BCUT2D eigenvalue weighted by molar-refractivity contribution is 5.68. The molecule has 3 rings (SSSR count). The summed E-state index contributed by atoms with van der Waals surface area (Å²) in [5.74, 6) is 0.328. The topological polar surface area (TPSA) is 84.2 Å². The van der Waals surface area contributed by atoms with E-state index in [9.17, 15) is 9.18 Å². The van der Waals surface area contributed by atoms with Crippen molar-refractivity contribution in [1.29, 1.82) is 0 Å². The van der Waals surface area contributed by atoms with Gasteiger partial charge in [-0.1, -0.05) is 5.16 Å². The molecule has 2 aromatic rings. The van der Waals surface area contributed by atoms with Gasteiger partial charge in [-0.2, -0.15) is 4.98 Å². The number of carbonyl (C=O) groups excluding carboxylic acids is 1. The van der Waals surface area contributed by atoms with Crippen LogP contribution in [-0.4, -0.2) is 44.8 Å². The Hall–Kier alpha value is -2.38. The minimum Gasteiger partial charge on any atom is -0.444 e. The second kappa shape index (κ2) is 6.26. The second-order valence-corrected chi connectivity index (χ2v) is 6.95. The molecule has 0 saturated carbocycles. The highest BCUT2D eigenvalue weighted by Gasteiger charge is 2.31. The van der Waals surface area contributed by atoms with Crippen LogP contribution in [0.5, 0.6) is 0 Å². The standard InChI is InChI=1S/C16H21FN4O3/c1-16(2,3)23-15(22)21-6-4-5-10(9-21)14-19-13(20-24-14)12-7-11(17)8-18-12/h7-8,10,18H,4-6,9H2,1-3H3. The fraction of sp³-hybridized carbons (Fsp3) is 0.562. The summed E-state index contributed by atoms with van der Waals surface area (Å²) in [6.45, 7) is 6.63. The van der Waals surface area contributed by atoms with Crippen molar-refractivity contribution >= 4 is 6.09 Å². The second-order valence-electron chi connectivity index (χ2n) is 6.95. The summed E-state index contributed by atoms with van der Waals surface area (Å²) in [5.41, 5.74) is -0.0679. The van der Waals surface area contributed by atoms with Gasteiger partial charge in [0.25, 0.3) is 0 Å². The minimum absolute atomic E-state index is 0.0488. The van der Waals surface area contributed by atoms with Gasteiger partial charge in [0.05, 0.1) is 11.6 Å². The normalized spacial score (nSPS) is 18.7. The van der Waals surface area contributed by atoms with Gasteiger partial charge in [0, 0.05) is 25.4 Å². The van der Waals surface area contributed by atoms with Gasteiger partial charge >= 0.3 is 6.09 Å². The largest absolute Gasteiger partial charge is 0.444 e. The van der Waals surface area contributed by atoms with Gasteiger partial charge in [-0.3, -0.25) is 0 Å². The minimum atomic E-state index is -0.528. The molecule has 1 atom stereocenters. The molecular weight excluding hydrogens is 315 g/mol. The monoisotopic (exact) mass is 336 g/mol. The van der Waals surface area contributed by atoms with Crippen molar-refractivity contribution in [3.8, 4) is 11.5 Å². The van der Waals surface area contributed by atoms with Crippen LogP contribution in [0.3, 0.4) is 0 Å². The zero-order chi connectivity index (χ0) is 17.3. The van der Waals surface area contributed by atoms with Gasteiger partial charge in [0.2, 0.25) is 11.7 Å². The number of ether oxygens (including phenoxy) is 1. The van der Waals surface area contributed by atoms with Crippen LogP contribution in [0.1, 0.15) is 45.4 Å². The first-order valence-electron chi connectivity index (χ1n) is 7.97. The van der Waals surface area contributed by atoms with Gasteiger partial charge in [0.15, 0.2) is 0 Å². The van der Waals surface area contributed by atoms with Crippen molar-refractivity contribution in [2.24, 2.45) is 0 Å². The first-order valence-corrected chi connectivity index (χ1v) is 7.97. The summed E-state index contributed by atoms with van der Waals surface area (Å²) < 4.78 is 23.8. The summed E-state index contributed by atoms with van der Waals surface area (Å²) in [6.07, 6.45) is 2.58. The van der Waals surface area contributed by atoms with Crippen LogP contribution in [0.2, 0.25) is 0 Å². The number of aromatic nitrogens is 3. The number of halogens is 1. The molecule has 1 saturated heterocycles. The number of H-pyrrole nitrogens is 1. The number of likely N-dealkylation sites (tertiary alicyclic amines) is 1. The van der Waals surface area contributed by atoms with E-state index >= 15 is 0 Å². The van der Waals surface area contributed by atoms with Crippen molar-refractivity contribution in [1.82, 2.24) is 20.0 Å². The van der Waals surface area contributed by atoms with E-state index in [0.717, 1.165) is 12.8 Å². The zero-order valence-electron chi connectivity index (χ0n) is 14.0. The van der Waals surface area contributed by atoms with Gasteiger partial charge < -0.3 is 19.1 Å². The van der Waals surface area contributed by atoms with E-state index in [0.29, 0.717) is 30.5 Å². The molecule has 1 fully saturated rings. The molecular formula is C16H21FN4O3. The summed E-state index contributed by atoms with van der Waals surface area (Å²) in [7, 11) is 0. The van der Waals surface area contributed by atoms with Crippen molar-refractivity contribution in [2.45, 2.75) is 45.1 Å². The predicted octanol–water partition coefficient (Wildman–Crippen LogP) is 3.32. The Morgan fingerprint density at radius 3 is 2.96 bits per heavy atom. The van der Waals surface area contributed by atoms with Gasteiger partial charge in [0.1, 0.15) is 11.4 Å².